The van der Waals surface area contributed by atoms with E-state index in [2.05, 4.69) is 11.8 Å². The van der Waals surface area contributed by atoms with E-state index in [0.29, 0.717) is 39.6 Å². The summed E-state index contributed by atoms with van der Waals surface area (Å²) in [6.45, 7) is 0. The lowest BCUT2D eigenvalue weighted by Gasteiger charge is -2.09. The second-order valence-electron chi connectivity index (χ2n) is 6.34. The first-order valence-corrected chi connectivity index (χ1v) is 9.65. The number of benzene rings is 3. The van der Waals surface area contributed by atoms with Crippen molar-refractivity contribution >= 4 is 29.2 Å². The Kier molecular flexibility index (Phi) is 6.93. The van der Waals surface area contributed by atoms with E-state index >= 15 is 0 Å². The van der Waals surface area contributed by atoms with Crippen molar-refractivity contribution in [2.24, 2.45) is 0 Å². The minimum absolute atomic E-state index is 0.308. The SMILES string of the molecule is COC(=O)c1ccc(CCc2cc(Cl)cc(Cl)c2C#Cc2ccccc2F)cc1. The molecule has 29 heavy (non-hydrogen) atoms. The van der Waals surface area contributed by atoms with Crippen LogP contribution < -0.4 is 0 Å². The molecule has 0 saturated carbocycles. The van der Waals surface area contributed by atoms with Crippen LogP contribution in [0.2, 0.25) is 10.0 Å². The summed E-state index contributed by atoms with van der Waals surface area (Å²) in [4.78, 5) is 11.5. The number of methoxy groups -OCH3 is 1. The fourth-order valence-corrected chi connectivity index (χ4v) is 3.44. The molecule has 0 aliphatic heterocycles. The predicted octanol–water partition coefficient (Wildman–Crippen LogP) is 6.10. The van der Waals surface area contributed by atoms with Crippen LogP contribution in [0.4, 0.5) is 4.39 Å². The van der Waals surface area contributed by atoms with Crippen LogP contribution in [0.3, 0.4) is 0 Å². The van der Waals surface area contributed by atoms with Gasteiger partial charge in [-0.1, -0.05) is 59.3 Å². The fourth-order valence-electron chi connectivity index (χ4n) is 2.86. The molecule has 3 rings (SSSR count). The van der Waals surface area contributed by atoms with Crippen molar-refractivity contribution in [2.75, 3.05) is 7.11 Å². The maximum Gasteiger partial charge on any atom is 0.337 e. The van der Waals surface area contributed by atoms with Gasteiger partial charge in [0.1, 0.15) is 5.82 Å². The van der Waals surface area contributed by atoms with Crippen molar-refractivity contribution in [1.82, 2.24) is 0 Å². The number of ether oxygens (including phenoxy) is 1. The number of hydrogen-bond donors (Lipinski definition) is 0. The van der Waals surface area contributed by atoms with Crippen LogP contribution in [-0.4, -0.2) is 13.1 Å². The molecule has 3 aromatic carbocycles. The summed E-state index contributed by atoms with van der Waals surface area (Å²) in [5.74, 6) is 5.09. The van der Waals surface area contributed by atoms with E-state index in [1.165, 1.54) is 13.2 Å². The zero-order valence-electron chi connectivity index (χ0n) is 15.6. The molecule has 0 bridgehead atoms. The lowest BCUT2D eigenvalue weighted by atomic mass is 9.99. The van der Waals surface area contributed by atoms with Crippen LogP contribution in [0.15, 0.2) is 60.7 Å². The number of halogens is 3. The average Bonchev–Trinajstić information content (AvgIpc) is 2.72. The zero-order chi connectivity index (χ0) is 20.8. The monoisotopic (exact) mass is 426 g/mol. The molecule has 0 fully saturated rings. The van der Waals surface area contributed by atoms with Gasteiger partial charge >= 0.3 is 5.97 Å². The van der Waals surface area contributed by atoms with Crippen LogP contribution in [0, 0.1) is 17.7 Å². The van der Waals surface area contributed by atoms with Gasteiger partial charge < -0.3 is 4.74 Å². The smallest absolute Gasteiger partial charge is 0.337 e. The quantitative estimate of drug-likeness (QED) is 0.371. The normalized spacial score (nSPS) is 10.2. The molecule has 0 N–H and O–H groups in total. The molecule has 0 aromatic heterocycles. The van der Waals surface area contributed by atoms with Gasteiger partial charge in [-0.15, -0.1) is 0 Å². The first-order valence-electron chi connectivity index (χ1n) is 8.89. The maximum absolute atomic E-state index is 13.9. The molecule has 146 valence electrons. The van der Waals surface area contributed by atoms with Gasteiger partial charge in [-0.25, -0.2) is 9.18 Å². The Hall–Kier alpha value is -2.80. The van der Waals surface area contributed by atoms with Crippen molar-refractivity contribution < 1.29 is 13.9 Å². The number of carbonyl (C=O) groups excluding carboxylic acids is 1. The molecule has 0 heterocycles. The van der Waals surface area contributed by atoms with E-state index in [1.54, 1.807) is 36.4 Å². The first kappa shape index (κ1) is 20.9. The average molecular weight is 427 g/mol. The highest BCUT2D eigenvalue weighted by Crippen LogP contribution is 2.26. The van der Waals surface area contributed by atoms with Gasteiger partial charge in [0.15, 0.2) is 0 Å². The molecule has 0 amide bonds. The van der Waals surface area contributed by atoms with E-state index in [9.17, 15) is 9.18 Å². The van der Waals surface area contributed by atoms with Crippen molar-refractivity contribution in [2.45, 2.75) is 12.8 Å². The Labute approximate surface area is 179 Å². The van der Waals surface area contributed by atoms with Crippen molar-refractivity contribution in [3.8, 4) is 11.8 Å². The Morgan fingerprint density at radius 3 is 2.41 bits per heavy atom. The predicted molar refractivity (Wildman–Crippen MR) is 114 cm³/mol. The van der Waals surface area contributed by atoms with Gasteiger partial charge in [0.2, 0.25) is 0 Å². The molecule has 2 nitrogen and oxygen atoms in total. The standard InChI is InChI=1S/C24H17Cl2FO2/c1-29-24(28)18-9-6-16(7-10-18)8-11-19-14-20(25)15-22(26)21(19)13-12-17-4-2-3-5-23(17)27/h2-7,9-10,14-15H,8,11H2,1H3. The highest BCUT2D eigenvalue weighted by Gasteiger charge is 2.09. The Balaban J connectivity index is 1.84. The number of hydrogen-bond acceptors (Lipinski definition) is 2. The third-order valence-electron chi connectivity index (χ3n) is 4.39. The number of rotatable bonds is 4. The molecule has 0 aliphatic rings. The van der Waals surface area contributed by atoms with Crippen molar-refractivity contribution in [3.63, 3.8) is 0 Å². The Morgan fingerprint density at radius 2 is 1.72 bits per heavy atom. The van der Waals surface area contributed by atoms with E-state index in [-0.39, 0.29) is 11.8 Å². The molecule has 0 spiro atoms. The second-order valence-corrected chi connectivity index (χ2v) is 7.18. The molecule has 0 aliphatic carbocycles. The summed E-state index contributed by atoms with van der Waals surface area (Å²) >= 11 is 12.5. The molecule has 0 unspecified atom stereocenters. The number of carbonyl (C=O) groups is 1. The first-order chi connectivity index (χ1) is 14.0. The van der Waals surface area contributed by atoms with Gasteiger partial charge in [-0.2, -0.15) is 0 Å². The molecule has 3 aromatic rings. The number of aryl methyl sites for hydroxylation is 2. The largest absolute Gasteiger partial charge is 0.465 e. The highest BCUT2D eigenvalue weighted by molar-refractivity contribution is 6.35. The second kappa shape index (κ2) is 9.60. The summed E-state index contributed by atoms with van der Waals surface area (Å²) < 4.78 is 18.6. The maximum atomic E-state index is 13.9. The van der Waals surface area contributed by atoms with E-state index in [0.717, 1.165) is 11.1 Å². The Morgan fingerprint density at radius 1 is 1.00 bits per heavy atom. The fraction of sp³-hybridized carbons (Fsp3) is 0.125. The summed E-state index contributed by atoms with van der Waals surface area (Å²) in [5.41, 5.74) is 3.36. The highest BCUT2D eigenvalue weighted by atomic mass is 35.5. The van der Waals surface area contributed by atoms with Gasteiger partial charge in [0.05, 0.1) is 23.3 Å². The molecule has 0 radical (unpaired) electrons. The minimum Gasteiger partial charge on any atom is -0.465 e. The van der Waals surface area contributed by atoms with Crippen LogP contribution in [0.25, 0.3) is 0 Å². The lowest BCUT2D eigenvalue weighted by molar-refractivity contribution is 0.0600. The molecule has 0 atom stereocenters. The van der Waals surface area contributed by atoms with E-state index < -0.39 is 0 Å². The zero-order valence-corrected chi connectivity index (χ0v) is 17.1. The van der Waals surface area contributed by atoms with E-state index in [4.69, 9.17) is 27.9 Å². The third kappa shape index (κ3) is 5.38. The van der Waals surface area contributed by atoms with Crippen LogP contribution in [0.5, 0.6) is 0 Å². The van der Waals surface area contributed by atoms with E-state index in [1.807, 2.05) is 18.2 Å². The molecule has 0 saturated heterocycles. The summed E-state index contributed by atoms with van der Waals surface area (Å²) in [6, 6.07) is 17.0. The van der Waals surface area contributed by atoms with Gasteiger partial charge in [-0.3, -0.25) is 0 Å². The van der Waals surface area contributed by atoms with Crippen LogP contribution in [-0.2, 0) is 17.6 Å². The molecule has 5 heteroatoms. The van der Waals surface area contributed by atoms with Crippen LogP contribution in [0.1, 0.15) is 32.6 Å². The van der Waals surface area contributed by atoms with Gasteiger partial charge in [0, 0.05) is 10.6 Å². The lowest BCUT2D eigenvalue weighted by Crippen LogP contribution is -2.01. The molecular weight excluding hydrogens is 410 g/mol. The third-order valence-corrected chi connectivity index (χ3v) is 4.91. The molecular formula is C24H17Cl2FO2. The Bertz CT molecular complexity index is 1100. The topological polar surface area (TPSA) is 26.3 Å². The van der Waals surface area contributed by atoms with Gasteiger partial charge in [0.25, 0.3) is 0 Å². The summed E-state index contributed by atoms with van der Waals surface area (Å²) in [5, 5.41) is 0.944. The summed E-state index contributed by atoms with van der Waals surface area (Å²) in [6.07, 6.45) is 1.34. The minimum atomic E-state index is -0.377. The van der Waals surface area contributed by atoms with Crippen molar-refractivity contribution in [1.29, 1.82) is 0 Å². The summed E-state index contributed by atoms with van der Waals surface area (Å²) in [7, 11) is 1.35. The van der Waals surface area contributed by atoms with Crippen LogP contribution >= 0.6 is 23.2 Å². The van der Waals surface area contributed by atoms with Crippen molar-refractivity contribution in [3.05, 3.63) is 104 Å². The number of esters is 1. The van der Waals surface area contributed by atoms with Gasteiger partial charge in [-0.05, 0) is 60.4 Å².